The Morgan fingerprint density at radius 1 is 0.870 bits per heavy atom. The van der Waals surface area contributed by atoms with Crippen molar-refractivity contribution in [3.05, 3.63) is 34.9 Å². The van der Waals surface area contributed by atoms with Crippen molar-refractivity contribution in [2.75, 3.05) is 0 Å². The van der Waals surface area contributed by atoms with Gasteiger partial charge in [-0.2, -0.15) is 0 Å². The van der Waals surface area contributed by atoms with Gasteiger partial charge < -0.3 is 0 Å². The van der Waals surface area contributed by atoms with E-state index >= 15 is 0 Å². The Balaban J connectivity index is 1.97. The Bertz CT molecular complexity index is 473. The summed E-state index contributed by atoms with van der Waals surface area (Å²) in [5.74, 6) is -0.151. The molecule has 0 atom stereocenters. The average Bonchev–Trinajstić information content (AvgIpc) is 2.58. The molecule has 0 bridgehead atoms. The molecule has 0 amide bonds. The lowest BCUT2D eigenvalue weighted by Gasteiger charge is -2.29. The van der Waals surface area contributed by atoms with Crippen molar-refractivity contribution < 1.29 is 8.78 Å². The van der Waals surface area contributed by atoms with E-state index in [-0.39, 0.29) is 5.92 Å². The van der Waals surface area contributed by atoms with E-state index in [1.54, 1.807) is 0 Å². The first-order valence-corrected chi connectivity index (χ1v) is 9.64. The molecule has 0 nitrogen and oxygen atoms in total. The Morgan fingerprint density at radius 2 is 1.57 bits per heavy atom. The van der Waals surface area contributed by atoms with Crippen LogP contribution in [0.1, 0.15) is 95.1 Å². The number of hydrogen-bond donors (Lipinski definition) is 0. The molecule has 2 rings (SSSR count). The van der Waals surface area contributed by atoms with Crippen molar-refractivity contribution in [3.63, 3.8) is 0 Å². The zero-order valence-corrected chi connectivity index (χ0v) is 14.8. The first-order valence-electron chi connectivity index (χ1n) is 9.64. The molecule has 1 aromatic carbocycles. The summed E-state index contributed by atoms with van der Waals surface area (Å²) in [6.45, 7) is 4.35. The summed E-state index contributed by atoms with van der Waals surface area (Å²) in [6, 6.07) is 3.68. The van der Waals surface area contributed by atoms with Crippen molar-refractivity contribution in [1.82, 2.24) is 0 Å². The van der Waals surface area contributed by atoms with Gasteiger partial charge in [0.05, 0.1) is 0 Å². The van der Waals surface area contributed by atoms with Crippen LogP contribution in [0.2, 0.25) is 0 Å². The lowest BCUT2D eigenvalue weighted by molar-refractivity contribution is 0.299. The van der Waals surface area contributed by atoms with Crippen LogP contribution in [-0.4, -0.2) is 0 Å². The first-order chi connectivity index (χ1) is 11.2. The molecule has 0 unspecified atom stereocenters. The van der Waals surface area contributed by atoms with Gasteiger partial charge in [0, 0.05) is 0 Å². The molecule has 1 aliphatic carbocycles. The van der Waals surface area contributed by atoms with Crippen molar-refractivity contribution >= 4 is 0 Å². The zero-order valence-electron chi connectivity index (χ0n) is 14.8. The summed E-state index contributed by atoms with van der Waals surface area (Å²) in [7, 11) is 0. The van der Waals surface area contributed by atoms with Crippen LogP contribution in [0, 0.1) is 17.6 Å². The average molecular weight is 322 g/mol. The van der Waals surface area contributed by atoms with E-state index in [1.807, 2.05) is 12.1 Å². The predicted molar refractivity (Wildman–Crippen MR) is 93.8 cm³/mol. The zero-order chi connectivity index (χ0) is 16.7. The van der Waals surface area contributed by atoms with Gasteiger partial charge in [-0.3, -0.25) is 0 Å². The molecule has 0 saturated heterocycles. The van der Waals surface area contributed by atoms with E-state index in [9.17, 15) is 8.78 Å². The summed E-state index contributed by atoms with van der Waals surface area (Å²) >= 11 is 0. The maximum atomic E-state index is 14.5. The number of halogens is 2. The highest BCUT2D eigenvalue weighted by atomic mass is 19.2. The van der Waals surface area contributed by atoms with Crippen LogP contribution in [0.4, 0.5) is 8.78 Å². The molecular weight excluding hydrogens is 290 g/mol. The van der Waals surface area contributed by atoms with E-state index < -0.39 is 11.6 Å². The second-order valence-corrected chi connectivity index (χ2v) is 7.26. The van der Waals surface area contributed by atoms with Crippen LogP contribution >= 0.6 is 0 Å². The molecule has 0 aliphatic heterocycles. The minimum absolute atomic E-state index is 0.215. The Hall–Kier alpha value is -0.920. The van der Waals surface area contributed by atoms with Gasteiger partial charge in [0.1, 0.15) is 0 Å². The summed E-state index contributed by atoms with van der Waals surface area (Å²) < 4.78 is 28.8. The van der Waals surface area contributed by atoms with E-state index in [2.05, 4.69) is 13.8 Å². The van der Waals surface area contributed by atoms with E-state index in [0.29, 0.717) is 17.5 Å². The number of rotatable bonds is 8. The van der Waals surface area contributed by atoms with Crippen LogP contribution in [0.5, 0.6) is 0 Å². The third-order valence-electron chi connectivity index (χ3n) is 5.49. The molecular formula is C21H32F2. The molecule has 0 spiro atoms. The fourth-order valence-corrected chi connectivity index (χ4v) is 3.93. The highest BCUT2D eigenvalue weighted by molar-refractivity contribution is 5.29. The quantitative estimate of drug-likeness (QED) is 0.445. The van der Waals surface area contributed by atoms with Crippen LogP contribution < -0.4 is 0 Å². The fourth-order valence-electron chi connectivity index (χ4n) is 3.93. The smallest absolute Gasteiger partial charge is 0.162 e. The van der Waals surface area contributed by atoms with E-state index in [1.165, 1.54) is 32.1 Å². The minimum atomic E-state index is -0.591. The fraction of sp³-hybridized carbons (Fsp3) is 0.714. The molecule has 1 fully saturated rings. The lowest BCUT2D eigenvalue weighted by atomic mass is 9.76. The molecule has 0 aromatic heterocycles. The number of hydrogen-bond acceptors (Lipinski definition) is 0. The van der Waals surface area contributed by atoms with Crippen molar-refractivity contribution in [2.45, 2.75) is 90.4 Å². The molecule has 2 heteroatoms. The van der Waals surface area contributed by atoms with Crippen LogP contribution in [0.15, 0.2) is 12.1 Å². The normalized spacial score (nSPS) is 21.6. The van der Waals surface area contributed by atoms with E-state index in [4.69, 9.17) is 0 Å². The molecule has 0 N–H and O–H groups in total. The van der Waals surface area contributed by atoms with E-state index in [0.717, 1.165) is 38.0 Å². The van der Waals surface area contributed by atoms with Gasteiger partial charge in [-0.25, -0.2) is 8.78 Å². The van der Waals surface area contributed by atoms with Gasteiger partial charge >= 0.3 is 0 Å². The van der Waals surface area contributed by atoms with Crippen molar-refractivity contribution in [2.24, 2.45) is 5.92 Å². The molecule has 130 valence electrons. The summed E-state index contributed by atoms with van der Waals surface area (Å²) in [4.78, 5) is 0. The summed E-state index contributed by atoms with van der Waals surface area (Å²) in [5, 5.41) is 0. The van der Waals surface area contributed by atoms with Gasteiger partial charge in [-0.15, -0.1) is 0 Å². The standard InChI is InChI=1S/C21H32F2/c1-3-5-7-9-18-14-15-19(21(23)20(18)22)17-12-10-16(11-13-17)8-6-4-2/h14-17H,3-13H2,1-2H3/t16-,17-. The van der Waals surface area contributed by atoms with Gasteiger partial charge in [-0.1, -0.05) is 58.1 Å². The molecule has 1 saturated carbocycles. The van der Waals surface area contributed by atoms with Crippen LogP contribution in [0.3, 0.4) is 0 Å². The Labute approximate surface area is 140 Å². The third kappa shape index (κ3) is 5.02. The molecule has 0 heterocycles. The second-order valence-electron chi connectivity index (χ2n) is 7.26. The van der Waals surface area contributed by atoms with Crippen LogP contribution in [-0.2, 0) is 6.42 Å². The third-order valence-corrected chi connectivity index (χ3v) is 5.49. The van der Waals surface area contributed by atoms with Gasteiger partial charge in [0.2, 0.25) is 0 Å². The minimum Gasteiger partial charge on any atom is -0.203 e. The number of benzene rings is 1. The monoisotopic (exact) mass is 322 g/mol. The van der Waals surface area contributed by atoms with Gasteiger partial charge in [-0.05, 0) is 61.5 Å². The summed E-state index contributed by atoms with van der Waals surface area (Å²) in [6.07, 6.45) is 12.0. The SMILES string of the molecule is CCCCCc1ccc([C@H]2CC[C@H](CCCC)CC2)c(F)c1F. The maximum absolute atomic E-state index is 14.5. The number of unbranched alkanes of at least 4 members (excludes halogenated alkanes) is 3. The predicted octanol–water partition coefficient (Wildman–Crippen LogP) is 7.16. The Kier molecular flexibility index (Phi) is 7.52. The lowest BCUT2D eigenvalue weighted by Crippen LogP contribution is -2.15. The maximum Gasteiger partial charge on any atom is 0.162 e. The summed E-state index contributed by atoms with van der Waals surface area (Å²) in [5.41, 5.74) is 1.17. The van der Waals surface area contributed by atoms with Crippen molar-refractivity contribution in [1.29, 1.82) is 0 Å². The second kappa shape index (κ2) is 9.39. The molecule has 1 aromatic rings. The molecule has 1 aliphatic rings. The topological polar surface area (TPSA) is 0 Å². The van der Waals surface area contributed by atoms with Crippen molar-refractivity contribution in [3.8, 4) is 0 Å². The highest BCUT2D eigenvalue weighted by Crippen LogP contribution is 2.39. The number of aryl methyl sites for hydroxylation is 1. The largest absolute Gasteiger partial charge is 0.203 e. The van der Waals surface area contributed by atoms with Crippen LogP contribution in [0.25, 0.3) is 0 Å². The molecule has 0 radical (unpaired) electrons. The first kappa shape index (κ1) is 18.4. The van der Waals surface area contributed by atoms with Gasteiger partial charge in [0.15, 0.2) is 11.6 Å². The molecule has 23 heavy (non-hydrogen) atoms. The highest BCUT2D eigenvalue weighted by Gasteiger charge is 2.25. The Morgan fingerprint density at radius 3 is 2.22 bits per heavy atom. The van der Waals surface area contributed by atoms with Gasteiger partial charge in [0.25, 0.3) is 0 Å².